The Morgan fingerprint density at radius 2 is 2.06 bits per heavy atom. The smallest absolute Gasteiger partial charge is 0.314 e. The van der Waals surface area contributed by atoms with Crippen LogP contribution in [0.3, 0.4) is 0 Å². The van der Waals surface area contributed by atoms with Gasteiger partial charge in [0.1, 0.15) is 5.41 Å². The predicted octanol–water partition coefficient (Wildman–Crippen LogP) is 2.27. The SMILES string of the molecule is C[C@@H]1/C(=N/O)CC[C@]1(C(=O)O)c1ccccc1. The third-order valence-electron chi connectivity index (χ3n) is 3.81. The zero-order valence-corrected chi connectivity index (χ0v) is 9.63. The van der Waals surface area contributed by atoms with Gasteiger partial charge in [-0.25, -0.2) is 0 Å². The van der Waals surface area contributed by atoms with Crippen LogP contribution in [0.25, 0.3) is 0 Å². The first-order valence-electron chi connectivity index (χ1n) is 5.62. The first-order valence-corrected chi connectivity index (χ1v) is 5.62. The van der Waals surface area contributed by atoms with Crippen molar-refractivity contribution in [2.45, 2.75) is 25.2 Å². The van der Waals surface area contributed by atoms with E-state index in [0.717, 1.165) is 5.56 Å². The lowest BCUT2D eigenvalue weighted by atomic mass is 9.73. The number of benzene rings is 1. The van der Waals surface area contributed by atoms with Crippen molar-refractivity contribution in [2.75, 3.05) is 0 Å². The number of carboxylic acids is 1. The summed E-state index contributed by atoms with van der Waals surface area (Å²) in [7, 11) is 0. The molecule has 4 nitrogen and oxygen atoms in total. The Bertz CT molecular complexity index is 455. The summed E-state index contributed by atoms with van der Waals surface area (Å²) >= 11 is 0. The Morgan fingerprint density at radius 3 is 2.53 bits per heavy atom. The van der Waals surface area contributed by atoms with Gasteiger partial charge < -0.3 is 10.3 Å². The van der Waals surface area contributed by atoms with Gasteiger partial charge in [0.2, 0.25) is 0 Å². The number of aliphatic carboxylic acids is 1. The van der Waals surface area contributed by atoms with Gasteiger partial charge in [-0.15, -0.1) is 0 Å². The maximum atomic E-state index is 11.7. The van der Waals surface area contributed by atoms with E-state index >= 15 is 0 Å². The molecular formula is C13H15NO3. The quantitative estimate of drug-likeness (QED) is 0.608. The molecule has 2 atom stereocenters. The van der Waals surface area contributed by atoms with Crippen LogP contribution in [0.4, 0.5) is 0 Å². The van der Waals surface area contributed by atoms with Crippen molar-refractivity contribution in [3.63, 3.8) is 0 Å². The van der Waals surface area contributed by atoms with Crippen molar-refractivity contribution in [2.24, 2.45) is 11.1 Å². The molecule has 0 bridgehead atoms. The molecule has 0 amide bonds. The molecule has 4 heteroatoms. The van der Waals surface area contributed by atoms with Gasteiger partial charge in [0.05, 0.1) is 5.71 Å². The monoisotopic (exact) mass is 233 g/mol. The zero-order chi connectivity index (χ0) is 12.5. The van der Waals surface area contributed by atoms with E-state index in [4.69, 9.17) is 5.21 Å². The molecular weight excluding hydrogens is 218 g/mol. The number of rotatable bonds is 2. The average Bonchev–Trinajstić information content (AvgIpc) is 2.68. The van der Waals surface area contributed by atoms with E-state index in [-0.39, 0.29) is 5.92 Å². The number of hydrogen-bond acceptors (Lipinski definition) is 3. The van der Waals surface area contributed by atoms with Crippen molar-refractivity contribution >= 4 is 11.7 Å². The van der Waals surface area contributed by atoms with E-state index in [1.807, 2.05) is 37.3 Å². The molecule has 1 fully saturated rings. The summed E-state index contributed by atoms with van der Waals surface area (Å²) in [4.78, 5) is 11.7. The van der Waals surface area contributed by atoms with Gasteiger partial charge in [-0.05, 0) is 18.4 Å². The number of oxime groups is 1. The molecule has 1 aromatic carbocycles. The molecule has 0 aromatic heterocycles. The fourth-order valence-electron chi connectivity index (χ4n) is 2.72. The van der Waals surface area contributed by atoms with Gasteiger partial charge in [0.25, 0.3) is 0 Å². The van der Waals surface area contributed by atoms with E-state index in [1.54, 1.807) is 0 Å². The van der Waals surface area contributed by atoms with Crippen LogP contribution in [-0.4, -0.2) is 22.0 Å². The predicted molar refractivity (Wildman–Crippen MR) is 63.4 cm³/mol. The van der Waals surface area contributed by atoms with E-state index in [1.165, 1.54) is 0 Å². The highest BCUT2D eigenvalue weighted by atomic mass is 16.4. The fraction of sp³-hybridized carbons (Fsp3) is 0.385. The van der Waals surface area contributed by atoms with Crippen LogP contribution in [0.5, 0.6) is 0 Å². The minimum atomic E-state index is -0.956. The van der Waals surface area contributed by atoms with Crippen LogP contribution in [0.15, 0.2) is 35.5 Å². The molecule has 17 heavy (non-hydrogen) atoms. The Kier molecular flexibility index (Phi) is 2.88. The second-order valence-corrected chi connectivity index (χ2v) is 4.46. The standard InChI is InChI=1S/C13H15NO3/c1-9-11(14-17)7-8-13(9,12(15)16)10-5-3-2-4-6-10/h2-6,9,17H,7-8H2,1H3,(H,15,16)/b14-11+/t9-,13-/m1/s1. The number of carbonyl (C=O) groups is 1. The largest absolute Gasteiger partial charge is 0.481 e. The fourth-order valence-corrected chi connectivity index (χ4v) is 2.72. The van der Waals surface area contributed by atoms with Gasteiger partial charge in [-0.2, -0.15) is 0 Å². The van der Waals surface area contributed by atoms with Crippen LogP contribution < -0.4 is 0 Å². The second kappa shape index (κ2) is 4.20. The van der Waals surface area contributed by atoms with Crippen LogP contribution in [-0.2, 0) is 10.2 Å². The topological polar surface area (TPSA) is 69.9 Å². The van der Waals surface area contributed by atoms with Gasteiger partial charge in [0, 0.05) is 5.92 Å². The molecule has 90 valence electrons. The first-order chi connectivity index (χ1) is 8.13. The Morgan fingerprint density at radius 1 is 1.41 bits per heavy atom. The molecule has 1 aliphatic carbocycles. The van der Waals surface area contributed by atoms with Crippen molar-refractivity contribution in [1.29, 1.82) is 0 Å². The summed E-state index contributed by atoms with van der Waals surface area (Å²) < 4.78 is 0. The molecule has 0 saturated heterocycles. The van der Waals surface area contributed by atoms with Crippen molar-refractivity contribution in [3.8, 4) is 0 Å². The van der Waals surface area contributed by atoms with E-state index in [9.17, 15) is 9.90 Å². The average molecular weight is 233 g/mol. The molecule has 0 spiro atoms. The Labute approximate surface area is 99.6 Å². The Balaban J connectivity index is 2.53. The molecule has 0 aliphatic heterocycles. The molecule has 0 heterocycles. The van der Waals surface area contributed by atoms with Gasteiger partial charge in [0.15, 0.2) is 0 Å². The van der Waals surface area contributed by atoms with Crippen LogP contribution >= 0.6 is 0 Å². The minimum Gasteiger partial charge on any atom is -0.481 e. The third-order valence-corrected chi connectivity index (χ3v) is 3.81. The van der Waals surface area contributed by atoms with Crippen LogP contribution in [0, 0.1) is 5.92 Å². The summed E-state index contributed by atoms with van der Waals surface area (Å²) in [5.41, 5.74) is 0.387. The van der Waals surface area contributed by atoms with Crippen LogP contribution in [0.2, 0.25) is 0 Å². The van der Waals surface area contributed by atoms with Crippen LogP contribution in [0.1, 0.15) is 25.3 Å². The number of hydrogen-bond donors (Lipinski definition) is 2. The highest BCUT2D eigenvalue weighted by molar-refractivity contribution is 5.98. The summed E-state index contributed by atoms with van der Waals surface area (Å²) in [6.07, 6.45) is 1.01. The van der Waals surface area contributed by atoms with Crippen molar-refractivity contribution in [3.05, 3.63) is 35.9 Å². The lowest BCUT2D eigenvalue weighted by molar-refractivity contribution is -0.144. The molecule has 0 radical (unpaired) electrons. The van der Waals surface area contributed by atoms with Gasteiger partial charge in [-0.1, -0.05) is 42.4 Å². The van der Waals surface area contributed by atoms with E-state index < -0.39 is 11.4 Å². The Hall–Kier alpha value is -1.84. The summed E-state index contributed by atoms with van der Waals surface area (Å²) in [6.45, 7) is 1.81. The molecule has 1 saturated carbocycles. The van der Waals surface area contributed by atoms with E-state index in [2.05, 4.69) is 5.16 Å². The lowest BCUT2D eigenvalue weighted by Crippen LogP contribution is -2.39. The summed E-state index contributed by atoms with van der Waals surface area (Å²) in [5, 5.41) is 21.7. The lowest BCUT2D eigenvalue weighted by Gasteiger charge is -2.29. The normalized spacial score (nSPS) is 30.6. The molecule has 2 N–H and O–H groups in total. The highest BCUT2D eigenvalue weighted by Crippen LogP contribution is 2.44. The van der Waals surface area contributed by atoms with E-state index in [0.29, 0.717) is 18.6 Å². The first kappa shape index (κ1) is 11.6. The molecule has 2 rings (SSSR count). The number of nitrogens with zero attached hydrogens (tertiary/aromatic N) is 1. The van der Waals surface area contributed by atoms with Crippen molar-refractivity contribution < 1.29 is 15.1 Å². The number of carboxylic acid groups (broad SMARTS) is 1. The van der Waals surface area contributed by atoms with Crippen molar-refractivity contribution in [1.82, 2.24) is 0 Å². The highest BCUT2D eigenvalue weighted by Gasteiger charge is 2.51. The molecule has 1 aliphatic rings. The minimum absolute atomic E-state index is 0.285. The third kappa shape index (κ3) is 1.60. The maximum absolute atomic E-state index is 11.7. The molecule has 0 unspecified atom stereocenters. The van der Waals surface area contributed by atoms with Gasteiger partial charge in [-0.3, -0.25) is 4.79 Å². The second-order valence-electron chi connectivity index (χ2n) is 4.46. The summed E-state index contributed by atoms with van der Waals surface area (Å²) in [6, 6.07) is 9.18. The maximum Gasteiger partial charge on any atom is 0.314 e. The molecule has 1 aromatic rings. The zero-order valence-electron chi connectivity index (χ0n) is 9.63. The van der Waals surface area contributed by atoms with Gasteiger partial charge >= 0.3 is 5.97 Å². The summed E-state index contributed by atoms with van der Waals surface area (Å²) in [5.74, 6) is -1.14.